The van der Waals surface area contributed by atoms with Crippen molar-refractivity contribution in [2.45, 2.75) is 26.7 Å². The average Bonchev–Trinajstić information content (AvgIpc) is 3.10. The number of amidine groups is 1. The van der Waals surface area contributed by atoms with E-state index in [0.717, 1.165) is 67.3 Å². The van der Waals surface area contributed by atoms with Crippen LogP contribution in [0.1, 0.15) is 31.0 Å². The van der Waals surface area contributed by atoms with E-state index in [1.807, 2.05) is 31.2 Å². The molecule has 0 unspecified atom stereocenters. The molecule has 2 N–H and O–H groups in total. The fourth-order valence-corrected chi connectivity index (χ4v) is 4.17. The van der Waals surface area contributed by atoms with Gasteiger partial charge in [0.1, 0.15) is 17.1 Å². The van der Waals surface area contributed by atoms with Crippen LogP contribution in [0.4, 0.5) is 0 Å². The summed E-state index contributed by atoms with van der Waals surface area (Å²) in [6.45, 7) is 7.89. The lowest BCUT2D eigenvalue weighted by Gasteiger charge is -2.29. The Kier molecular flexibility index (Phi) is 5.45. The number of hydrogen-bond donors (Lipinski definition) is 2. The van der Waals surface area contributed by atoms with E-state index in [-0.39, 0.29) is 5.75 Å². The molecule has 0 atom stereocenters. The molecule has 0 spiro atoms. The van der Waals surface area contributed by atoms with Crippen molar-refractivity contribution in [1.82, 2.24) is 25.0 Å². The number of aryl methyl sites for hydroxylation is 1. The van der Waals surface area contributed by atoms with Crippen LogP contribution in [0.3, 0.4) is 0 Å². The third-order valence-electron chi connectivity index (χ3n) is 6.00. The third-order valence-corrected chi connectivity index (χ3v) is 6.00. The molecule has 1 saturated heterocycles. The second-order valence-corrected chi connectivity index (χ2v) is 8.19. The number of piperazine rings is 1. The van der Waals surface area contributed by atoms with Crippen LogP contribution in [0.25, 0.3) is 16.7 Å². The first kappa shape index (κ1) is 20.4. The number of allylic oxidation sites excluding steroid dienone is 1. The van der Waals surface area contributed by atoms with Gasteiger partial charge in [-0.2, -0.15) is 5.10 Å². The second-order valence-electron chi connectivity index (χ2n) is 8.19. The summed E-state index contributed by atoms with van der Waals surface area (Å²) in [5.41, 5.74) is 6.03. The molecular weight excluding hydrogens is 402 g/mol. The highest BCUT2D eigenvalue weighted by Gasteiger charge is 2.19. The monoisotopic (exact) mass is 429 g/mol. The first-order valence-electron chi connectivity index (χ1n) is 11.1. The smallest absolute Gasteiger partial charge is 0.131 e. The number of pyridine rings is 1. The minimum absolute atomic E-state index is 0.150. The first-order chi connectivity index (χ1) is 15.6. The Morgan fingerprint density at radius 2 is 1.94 bits per heavy atom. The molecular formula is C24H27N7O. The molecule has 0 bridgehead atoms. The largest absolute Gasteiger partial charge is 0.507 e. The van der Waals surface area contributed by atoms with Gasteiger partial charge in [0.05, 0.1) is 23.1 Å². The van der Waals surface area contributed by atoms with E-state index in [1.165, 1.54) is 5.57 Å². The molecule has 8 nitrogen and oxygen atoms in total. The van der Waals surface area contributed by atoms with Gasteiger partial charge in [0, 0.05) is 49.9 Å². The molecule has 4 heterocycles. The van der Waals surface area contributed by atoms with Gasteiger partial charge in [0.15, 0.2) is 0 Å². The van der Waals surface area contributed by atoms with Gasteiger partial charge in [0.25, 0.3) is 0 Å². The number of hydrogen-bond acceptors (Lipinski definition) is 7. The number of fused-ring (bicyclic) bond motifs is 1. The predicted molar refractivity (Wildman–Crippen MR) is 127 cm³/mol. The number of aromatic hydroxyl groups is 1. The molecule has 0 saturated carbocycles. The minimum Gasteiger partial charge on any atom is -0.507 e. The van der Waals surface area contributed by atoms with Gasteiger partial charge >= 0.3 is 0 Å². The van der Waals surface area contributed by atoms with Crippen molar-refractivity contribution in [3.63, 3.8) is 0 Å². The van der Waals surface area contributed by atoms with Crippen molar-refractivity contribution < 1.29 is 5.11 Å². The van der Waals surface area contributed by atoms with Crippen molar-refractivity contribution >= 4 is 22.6 Å². The summed E-state index contributed by atoms with van der Waals surface area (Å²) >= 11 is 0. The van der Waals surface area contributed by atoms with Gasteiger partial charge in [-0.05, 0) is 43.7 Å². The van der Waals surface area contributed by atoms with Crippen LogP contribution in [-0.2, 0) is 0 Å². The van der Waals surface area contributed by atoms with Crippen LogP contribution in [-0.4, -0.2) is 62.5 Å². The summed E-state index contributed by atoms with van der Waals surface area (Å²) in [6.07, 6.45) is 5.50. The van der Waals surface area contributed by atoms with Gasteiger partial charge in [-0.1, -0.05) is 12.5 Å². The van der Waals surface area contributed by atoms with E-state index in [4.69, 9.17) is 0 Å². The number of phenols is 1. The number of phenolic OH excluding ortho intramolecular Hbond substituents is 1. The van der Waals surface area contributed by atoms with E-state index in [2.05, 4.69) is 43.5 Å². The van der Waals surface area contributed by atoms with Crippen LogP contribution < -0.4 is 5.32 Å². The Hall–Kier alpha value is -3.52. The fourth-order valence-electron chi connectivity index (χ4n) is 4.17. The lowest BCUT2D eigenvalue weighted by atomic mass is 10.0. The van der Waals surface area contributed by atoms with Crippen molar-refractivity contribution in [3.8, 4) is 11.4 Å². The maximum absolute atomic E-state index is 10.9. The van der Waals surface area contributed by atoms with Gasteiger partial charge in [-0.25, -0.2) is 9.67 Å². The second kappa shape index (κ2) is 8.55. The van der Waals surface area contributed by atoms with Crippen molar-refractivity contribution in [2.24, 2.45) is 10.2 Å². The molecule has 0 radical (unpaired) electrons. The molecule has 2 aliphatic rings. The Morgan fingerprint density at radius 1 is 1.09 bits per heavy atom. The van der Waals surface area contributed by atoms with E-state index in [1.54, 1.807) is 16.9 Å². The SMILES string of the molecule is CCC1=CC(c2ccc(-n3ncc4nc(C)ccc43)cc2O)=NN=C(N2CCNCC2)C1. The molecule has 1 fully saturated rings. The zero-order valence-corrected chi connectivity index (χ0v) is 18.4. The van der Waals surface area contributed by atoms with Crippen molar-refractivity contribution in [1.29, 1.82) is 0 Å². The fraction of sp³-hybridized carbons (Fsp3) is 0.333. The molecule has 0 amide bonds. The summed E-state index contributed by atoms with van der Waals surface area (Å²) in [6, 6.07) is 9.49. The van der Waals surface area contributed by atoms with Gasteiger partial charge in [0.2, 0.25) is 0 Å². The molecule has 0 aliphatic carbocycles. The Bertz CT molecular complexity index is 1250. The number of rotatable bonds is 3. The topological polar surface area (TPSA) is 90.9 Å². The lowest BCUT2D eigenvalue weighted by Crippen LogP contribution is -2.46. The molecule has 2 aliphatic heterocycles. The Morgan fingerprint density at radius 3 is 2.72 bits per heavy atom. The van der Waals surface area contributed by atoms with E-state index in [9.17, 15) is 5.11 Å². The van der Waals surface area contributed by atoms with Crippen LogP contribution in [0.5, 0.6) is 5.75 Å². The van der Waals surface area contributed by atoms with E-state index in [0.29, 0.717) is 11.3 Å². The van der Waals surface area contributed by atoms with Crippen LogP contribution in [0.2, 0.25) is 0 Å². The number of benzene rings is 1. The van der Waals surface area contributed by atoms with Crippen LogP contribution in [0, 0.1) is 6.92 Å². The highest BCUT2D eigenvalue weighted by Crippen LogP contribution is 2.27. The molecule has 5 rings (SSSR count). The molecule has 1 aromatic carbocycles. The maximum atomic E-state index is 10.9. The zero-order valence-electron chi connectivity index (χ0n) is 18.4. The number of aromatic nitrogens is 3. The summed E-state index contributed by atoms with van der Waals surface area (Å²) in [5.74, 6) is 1.15. The summed E-state index contributed by atoms with van der Waals surface area (Å²) in [5, 5.41) is 27.8. The first-order valence-corrected chi connectivity index (χ1v) is 11.1. The number of nitrogens with one attached hydrogen (secondary N) is 1. The molecule has 8 heteroatoms. The zero-order chi connectivity index (χ0) is 22.1. The average molecular weight is 430 g/mol. The lowest BCUT2D eigenvalue weighted by molar-refractivity contribution is 0.352. The molecule has 164 valence electrons. The maximum Gasteiger partial charge on any atom is 0.131 e. The normalized spacial score (nSPS) is 17.1. The molecule has 32 heavy (non-hydrogen) atoms. The van der Waals surface area contributed by atoms with E-state index >= 15 is 0 Å². The summed E-state index contributed by atoms with van der Waals surface area (Å²) < 4.78 is 1.79. The molecule has 2 aromatic heterocycles. The third kappa shape index (κ3) is 3.89. The highest BCUT2D eigenvalue weighted by atomic mass is 16.3. The Balaban J connectivity index is 1.49. The van der Waals surface area contributed by atoms with E-state index < -0.39 is 0 Å². The summed E-state index contributed by atoms with van der Waals surface area (Å²) in [7, 11) is 0. The standard InChI is InChI=1S/C24H27N7O/c1-3-17-12-20(28-29-24(13-17)30-10-8-25-9-11-30)19-6-5-18(14-23(19)32)31-22-7-4-16(2)27-21(22)15-26-31/h4-7,12,14-15,25,32H,3,8-11,13H2,1-2H3. The van der Waals surface area contributed by atoms with Crippen molar-refractivity contribution in [2.75, 3.05) is 26.2 Å². The minimum atomic E-state index is 0.150. The van der Waals surface area contributed by atoms with Crippen LogP contribution >= 0.6 is 0 Å². The van der Waals surface area contributed by atoms with Gasteiger partial charge < -0.3 is 15.3 Å². The van der Waals surface area contributed by atoms with Gasteiger partial charge in [-0.15, -0.1) is 10.2 Å². The molecule has 3 aromatic rings. The van der Waals surface area contributed by atoms with Crippen molar-refractivity contribution in [3.05, 3.63) is 59.4 Å². The quantitative estimate of drug-likeness (QED) is 0.667. The van der Waals surface area contributed by atoms with Gasteiger partial charge in [-0.3, -0.25) is 0 Å². The van der Waals surface area contributed by atoms with Crippen LogP contribution in [0.15, 0.2) is 58.4 Å². The Labute approximate surface area is 187 Å². The highest BCUT2D eigenvalue weighted by molar-refractivity contribution is 6.12. The number of nitrogens with zero attached hydrogens (tertiary/aromatic N) is 6. The summed E-state index contributed by atoms with van der Waals surface area (Å²) in [4.78, 5) is 6.81. The predicted octanol–water partition coefficient (Wildman–Crippen LogP) is 3.18.